The number of hydrazine groups is 1. The first-order valence-electron chi connectivity index (χ1n) is 5.63. The van der Waals surface area contributed by atoms with E-state index in [-0.39, 0.29) is 18.3 Å². The number of piperidine rings is 1. The van der Waals surface area contributed by atoms with Crippen molar-refractivity contribution in [2.75, 3.05) is 13.1 Å². The molecule has 102 valence electrons. The standard InChI is InChI=1S/C12H15F3N2.ClH/c13-12(14,15)11-3-1-2-10(8-11)9-4-6-17(16)7-5-9;/h1-3,8-9H,4-7,16H2;1H. The molecule has 0 radical (unpaired) electrons. The van der Waals surface area contributed by atoms with E-state index in [4.69, 9.17) is 5.84 Å². The number of nitrogens with zero attached hydrogens (tertiary/aromatic N) is 1. The van der Waals surface area contributed by atoms with E-state index in [1.165, 1.54) is 12.1 Å². The maximum Gasteiger partial charge on any atom is 0.416 e. The minimum Gasteiger partial charge on any atom is -0.269 e. The zero-order valence-electron chi connectivity index (χ0n) is 9.78. The minimum absolute atomic E-state index is 0. The van der Waals surface area contributed by atoms with Gasteiger partial charge in [0.25, 0.3) is 0 Å². The summed E-state index contributed by atoms with van der Waals surface area (Å²) in [4.78, 5) is 0. The summed E-state index contributed by atoms with van der Waals surface area (Å²) in [5.41, 5.74) is 0.207. The van der Waals surface area contributed by atoms with Gasteiger partial charge in [0.05, 0.1) is 5.56 Å². The highest BCUT2D eigenvalue weighted by atomic mass is 35.5. The van der Waals surface area contributed by atoms with Gasteiger partial charge in [0.1, 0.15) is 0 Å². The average molecular weight is 281 g/mol. The zero-order chi connectivity index (χ0) is 12.5. The maximum atomic E-state index is 12.6. The zero-order valence-corrected chi connectivity index (χ0v) is 10.6. The first kappa shape index (κ1) is 15.3. The van der Waals surface area contributed by atoms with Crippen molar-refractivity contribution < 1.29 is 13.2 Å². The molecule has 1 fully saturated rings. The molecule has 6 heteroatoms. The molecule has 0 bridgehead atoms. The van der Waals surface area contributed by atoms with Gasteiger partial charge in [0.15, 0.2) is 0 Å². The van der Waals surface area contributed by atoms with Crippen LogP contribution in [0.4, 0.5) is 13.2 Å². The van der Waals surface area contributed by atoms with Crippen LogP contribution >= 0.6 is 12.4 Å². The molecule has 0 aromatic heterocycles. The topological polar surface area (TPSA) is 29.3 Å². The van der Waals surface area contributed by atoms with Crippen LogP contribution in [-0.4, -0.2) is 18.1 Å². The molecule has 18 heavy (non-hydrogen) atoms. The molecule has 1 saturated heterocycles. The Morgan fingerprint density at radius 2 is 1.78 bits per heavy atom. The number of nitrogens with two attached hydrogens (primary N) is 1. The molecule has 1 aliphatic rings. The van der Waals surface area contributed by atoms with E-state index in [1.807, 2.05) is 0 Å². The fraction of sp³-hybridized carbons (Fsp3) is 0.500. The lowest BCUT2D eigenvalue weighted by Gasteiger charge is -2.29. The van der Waals surface area contributed by atoms with Crippen molar-refractivity contribution in [3.05, 3.63) is 35.4 Å². The Bertz CT molecular complexity index is 387. The number of hydrogen-bond acceptors (Lipinski definition) is 2. The molecule has 0 spiro atoms. The van der Waals surface area contributed by atoms with E-state index in [0.29, 0.717) is 0 Å². The summed E-state index contributed by atoms with van der Waals surface area (Å²) in [7, 11) is 0. The first-order valence-corrected chi connectivity index (χ1v) is 5.63. The highest BCUT2D eigenvalue weighted by molar-refractivity contribution is 5.85. The van der Waals surface area contributed by atoms with Gasteiger partial charge in [-0.25, -0.2) is 5.01 Å². The predicted octanol–water partition coefficient (Wildman–Crippen LogP) is 3.18. The van der Waals surface area contributed by atoms with Crippen molar-refractivity contribution in [3.63, 3.8) is 0 Å². The van der Waals surface area contributed by atoms with Crippen molar-refractivity contribution >= 4 is 12.4 Å². The second-order valence-corrected chi connectivity index (χ2v) is 4.43. The van der Waals surface area contributed by atoms with E-state index in [9.17, 15) is 13.2 Å². The summed E-state index contributed by atoms with van der Waals surface area (Å²) >= 11 is 0. The van der Waals surface area contributed by atoms with Gasteiger partial charge in [-0.1, -0.05) is 18.2 Å². The number of halogens is 4. The first-order chi connectivity index (χ1) is 7.97. The number of rotatable bonds is 1. The summed E-state index contributed by atoms with van der Waals surface area (Å²) in [5, 5.41) is 1.71. The van der Waals surface area contributed by atoms with E-state index < -0.39 is 11.7 Å². The number of alkyl halides is 3. The molecule has 0 unspecified atom stereocenters. The van der Waals surface area contributed by atoms with Crippen LogP contribution in [0.2, 0.25) is 0 Å². The third-order valence-corrected chi connectivity index (χ3v) is 3.21. The van der Waals surface area contributed by atoms with E-state index in [2.05, 4.69) is 0 Å². The molecule has 1 heterocycles. The van der Waals surface area contributed by atoms with Gasteiger partial charge < -0.3 is 0 Å². The lowest BCUT2D eigenvalue weighted by Crippen LogP contribution is -2.38. The second-order valence-electron chi connectivity index (χ2n) is 4.43. The molecular formula is C12H16ClF3N2. The molecule has 1 aromatic rings. The highest BCUT2D eigenvalue weighted by Gasteiger charge is 2.31. The molecule has 2 N–H and O–H groups in total. The Hall–Kier alpha value is -0.780. The molecule has 1 aliphatic heterocycles. The van der Waals surface area contributed by atoms with Crippen LogP contribution in [0.15, 0.2) is 24.3 Å². The quantitative estimate of drug-likeness (QED) is 0.801. The molecule has 0 saturated carbocycles. The van der Waals surface area contributed by atoms with Gasteiger partial charge in [-0.05, 0) is 30.4 Å². The summed E-state index contributed by atoms with van der Waals surface area (Å²) in [6.45, 7) is 1.47. The molecule has 0 atom stereocenters. The Labute approximate surface area is 110 Å². The van der Waals surface area contributed by atoms with Gasteiger partial charge in [0.2, 0.25) is 0 Å². The van der Waals surface area contributed by atoms with Crippen LogP contribution in [0, 0.1) is 0 Å². The largest absolute Gasteiger partial charge is 0.416 e. The number of hydrogen-bond donors (Lipinski definition) is 1. The molecule has 2 rings (SSSR count). The summed E-state index contributed by atoms with van der Waals surface area (Å²) in [6, 6.07) is 5.62. The van der Waals surface area contributed by atoms with Crippen molar-refractivity contribution in [1.82, 2.24) is 5.01 Å². The summed E-state index contributed by atoms with van der Waals surface area (Å²) < 4.78 is 37.7. The Kier molecular flexibility index (Phi) is 5.01. The van der Waals surface area contributed by atoms with Crippen molar-refractivity contribution in [2.24, 2.45) is 5.84 Å². The maximum absolute atomic E-state index is 12.6. The highest BCUT2D eigenvalue weighted by Crippen LogP contribution is 2.33. The van der Waals surface area contributed by atoms with E-state index in [0.717, 1.165) is 37.6 Å². The third-order valence-electron chi connectivity index (χ3n) is 3.21. The van der Waals surface area contributed by atoms with Gasteiger partial charge >= 0.3 is 6.18 Å². The summed E-state index contributed by atoms with van der Waals surface area (Å²) in [5.74, 6) is 5.82. The lowest BCUT2D eigenvalue weighted by atomic mass is 9.89. The van der Waals surface area contributed by atoms with Crippen molar-refractivity contribution in [1.29, 1.82) is 0 Å². The SMILES string of the molecule is Cl.NN1CCC(c2cccc(C(F)(F)F)c2)CC1. The average Bonchev–Trinajstić information content (AvgIpc) is 2.29. The van der Waals surface area contributed by atoms with Gasteiger partial charge in [-0.2, -0.15) is 13.2 Å². The smallest absolute Gasteiger partial charge is 0.269 e. The number of benzene rings is 1. The van der Waals surface area contributed by atoms with Gasteiger partial charge in [-0.15, -0.1) is 12.4 Å². The summed E-state index contributed by atoms with van der Waals surface area (Å²) in [6.07, 6.45) is -2.62. The monoisotopic (exact) mass is 280 g/mol. The second kappa shape index (κ2) is 5.91. The van der Waals surface area contributed by atoms with Gasteiger partial charge in [0, 0.05) is 13.1 Å². The van der Waals surface area contributed by atoms with Gasteiger partial charge in [-0.3, -0.25) is 5.84 Å². The Balaban J connectivity index is 0.00000162. The van der Waals surface area contributed by atoms with Crippen LogP contribution in [0.25, 0.3) is 0 Å². The van der Waals surface area contributed by atoms with E-state index in [1.54, 1.807) is 11.1 Å². The van der Waals surface area contributed by atoms with Crippen molar-refractivity contribution in [2.45, 2.75) is 24.9 Å². The fourth-order valence-electron chi connectivity index (χ4n) is 2.20. The van der Waals surface area contributed by atoms with Crippen LogP contribution in [0.3, 0.4) is 0 Å². The molecular weight excluding hydrogens is 265 g/mol. The minimum atomic E-state index is -4.26. The van der Waals surface area contributed by atoms with Crippen LogP contribution < -0.4 is 5.84 Å². The Morgan fingerprint density at radius 1 is 1.17 bits per heavy atom. The van der Waals surface area contributed by atoms with Crippen LogP contribution in [0.5, 0.6) is 0 Å². The predicted molar refractivity (Wildman–Crippen MR) is 66.4 cm³/mol. The van der Waals surface area contributed by atoms with Crippen LogP contribution in [0.1, 0.15) is 29.9 Å². The third kappa shape index (κ3) is 3.60. The van der Waals surface area contributed by atoms with Crippen molar-refractivity contribution in [3.8, 4) is 0 Å². The fourth-order valence-corrected chi connectivity index (χ4v) is 2.20. The Morgan fingerprint density at radius 3 is 2.33 bits per heavy atom. The van der Waals surface area contributed by atoms with Crippen LogP contribution in [-0.2, 0) is 6.18 Å². The molecule has 0 aliphatic carbocycles. The molecule has 2 nitrogen and oxygen atoms in total. The normalized spacial score (nSPS) is 18.4. The molecule has 1 aromatic carbocycles. The molecule has 0 amide bonds. The lowest BCUT2D eigenvalue weighted by molar-refractivity contribution is -0.137. The van der Waals surface area contributed by atoms with E-state index >= 15 is 0 Å².